The molecule has 3 heteroatoms. The first kappa shape index (κ1) is 11.1. The van der Waals surface area contributed by atoms with Crippen molar-refractivity contribution >= 4 is 5.91 Å². The van der Waals surface area contributed by atoms with Crippen molar-refractivity contribution < 1.29 is 4.79 Å². The Hall–Kier alpha value is -1.35. The third kappa shape index (κ3) is 2.61. The third-order valence-corrected chi connectivity index (χ3v) is 2.90. The molecule has 0 aliphatic carbocycles. The SMILES string of the molecule is CCNC(=O)Cc1ccc2c(c1)CNCC2. The molecule has 3 nitrogen and oxygen atoms in total. The highest BCUT2D eigenvalue weighted by Crippen LogP contribution is 2.16. The Morgan fingerprint density at radius 1 is 1.44 bits per heavy atom. The molecule has 0 unspecified atom stereocenters. The molecule has 0 spiro atoms. The summed E-state index contributed by atoms with van der Waals surface area (Å²) in [5.74, 6) is 0.103. The maximum atomic E-state index is 11.5. The molecule has 1 aliphatic heterocycles. The highest BCUT2D eigenvalue weighted by atomic mass is 16.1. The molecule has 86 valence electrons. The number of nitrogens with one attached hydrogen (secondary N) is 2. The standard InChI is InChI=1S/C13H18N2O/c1-2-15-13(16)8-10-3-4-11-5-6-14-9-12(11)7-10/h3-4,7,14H,2,5-6,8-9H2,1H3,(H,15,16). The topological polar surface area (TPSA) is 41.1 Å². The molecular formula is C13H18N2O. The zero-order valence-corrected chi connectivity index (χ0v) is 9.68. The molecular weight excluding hydrogens is 200 g/mol. The highest BCUT2D eigenvalue weighted by molar-refractivity contribution is 5.78. The summed E-state index contributed by atoms with van der Waals surface area (Å²) in [5.41, 5.74) is 3.86. The number of amides is 1. The Morgan fingerprint density at radius 2 is 2.31 bits per heavy atom. The van der Waals surface area contributed by atoms with E-state index >= 15 is 0 Å². The molecule has 16 heavy (non-hydrogen) atoms. The average Bonchev–Trinajstić information content (AvgIpc) is 2.29. The number of benzene rings is 1. The van der Waals surface area contributed by atoms with Gasteiger partial charge in [-0.1, -0.05) is 18.2 Å². The minimum atomic E-state index is 0.103. The number of rotatable bonds is 3. The van der Waals surface area contributed by atoms with Gasteiger partial charge in [-0.25, -0.2) is 0 Å². The predicted octanol–water partition coefficient (Wildman–Crippen LogP) is 1.01. The van der Waals surface area contributed by atoms with E-state index in [0.717, 1.165) is 25.1 Å². The first-order valence-electron chi connectivity index (χ1n) is 5.87. The number of carbonyl (C=O) groups excluding carboxylic acids is 1. The van der Waals surface area contributed by atoms with Gasteiger partial charge in [-0.05, 0) is 36.6 Å². The fourth-order valence-electron chi connectivity index (χ4n) is 2.09. The molecule has 1 aliphatic rings. The van der Waals surface area contributed by atoms with Crippen LogP contribution in [0.15, 0.2) is 18.2 Å². The summed E-state index contributed by atoms with van der Waals surface area (Å²) in [6.07, 6.45) is 1.58. The summed E-state index contributed by atoms with van der Waals surface area (Å²) in [6, 6.07) is 6.38. The summed E-state index contributed by atoms with van der Waals surface area (Å²) < 4.78 is 0. The summed E-state index contributed by atoms with van der Waals surface area (Å²) >= 11 is 0. The second-order valence-electron chi connectivity index (χ2n) is 4.16. The molecule has 2 N–H and O–H groups in total. The Balaban J connectivity index is 2.08. The molecule has 1 heterocycles. The van der Waals surface area contributed by atoms with Crippen molar-refractivity contribution in [1.82, 2.24) is 10.6 Å². The summed E-state index contributed by atoms with van der Waals surface area (Å²) in [7, 11) is 0. The van der Waals surface area contributed by atoms with E-state index in [2.05, 4.69) is 28.8 Å². The van der Waals surface area contributed by atoms with Gasteiger partial charge in [0, 0.05) is 13.1 Å². The third-order valence-electron chi connectivity index (χ3n) is 2.90. The quantitative estimate of drug-likeness (QED) is 0.795. The Bertz CT molecular complexity index is 388. The summed E-state index contributed by atoms with van der Waals surface area (Å²) in [6.45, 7) is 4.63. The number of likely N-dealkylation sites (N-methyl/N-ethyl adjacent to an activating group) is 1. The van der Waals surface area contributed by atoms with Crippen LogP contribution in [-0.4, -0.2) is 19.0 Å². The maximum Gasteiger partial charge on any atom is 0.224 e. The summed E-state index contributed by atoms with van der Waals surface area (Å²) in [5, 5.41) is 6.17. The first-order valence-corrected chi connectivity index (χ1v) is 5.87. The van der Waals surface area contributed by atoms with Gasteiger partial charge in [0.15, 0.2) is 0 Å². The fraction of sp³-hybridized carbons (Fsp3) is 0.462. The van der Waals surface area contributed by atoms with E-state index in [4.69, 9.17) is 0 Å². The van der Waals surface area contributed by atoms with Gasteiger partial charge in [0.05, 0.1) is 6.42 Å². The Labute approximate surface area is 96.2 Å². The number of hydrogen-bond donors (Lipinski definition) is 2. The van der Waals surface area contributed by atoms with E-state index < -0.39 is 0 Å². The lowest BCUT2D eigenvalue weighted by atomic mass is 9.97. The minimum Gasteiger partial charge on any atom is -0.356 e. The van der Waals surface area contributed by atoms with Crippen molar-refractivity contribution in [2.24, 2.45) is 0 Å². The number of fused-ring (bicyclic) bond motifs is 1. The average molecular weight is 218 g/mol. The van der Waals surface area contributed by atoms with Gasteiger partial charge >= 0.3 is 0 Å². The second kappa shape index (κ2) is 5.12. The maximum absolute atomic E-state index is 11.5. The van der Waals surface area contributed by atoms with Crippen LogP contribution in [0.3, 0.4) is 0 Å². The minimum absolute atomic E-state index is 0.103. The number of carbonyl (C=O) groups is 1. The van der Waals surface area contributed by atoms with E-state index in [0.29, 0.717) is 13.0 Å². The molecule has 1 aromatic rings. The van der Waals surface area contributed by atoms with Crippen molar-refractivity contribution in [3.63, 3.8) is 0 Å². The first-order chi connectivity index (χ1) is 7.79. The van der Waals surface area contributed by atoms with E-state index in [1.54, 1.807) is 0 Å². The van der Waals surface area contributed by atoms with E-state index in [1.165, 1.54) is 11.1 Å². The smallest absolute Gasteiger partial charge is 0.224 e. The lowest BCUT2D eigenvalue weighted by molar-refractivity contribution is -0.120. The molecule has 0 bridgehead atoms. The molecule has 0 fully saturated rings. The molecule has 1 aromatic carbocycles. The normalized spacial score (nSPS) is 14.3. The van der Waals surface area contributed by atoms with Crippen LogP contribution in [0.1, 0.15) is 23.6 Å². The lowest BCUT2D eigenvalue weighted by Gasteiger charge is -2.17. The summed E-state index contributed by atoms with van der Waals surface area (Å²) in [4.78, 5) is 11.5. The van der Waals surface area contributed by atoms with E-state index in [1.807, 2.05) is 6.92 Å². The molecule has 0 atom stereocenters. The van der Waals surface area contributed by atoms with Crippen LogP contribution in [0.5, 0.6) is 0 Å². The lowest BCUT2D eigenvalue weighted by Crippen LogP contribution is -2.26. The zero-order valence-electron chi connectivity index (χ0n) is 9.68. The van der Waals surface area contributed by atoms with Crippen LogP contribution in [-0.2, 0) is 24.2 Å². The largest absolute Gasteiger partial charge is 0.356 e. The monoisotopic (exact) mass is 218 g/mol. The van der Waals surface area contributed by atoms with Crippen LogP contribution in [0, 0.1) is 0 Å². The van der Waals surface area contributed by atoms with Gasteiger partial charge in [0.25, 0.3) is 0 Å². The second-order valence-corrected chi connectivity index (χ2v) is 4.16. The van der Waals surface area contributed by atoms with Crippen LogP contribution in [0.2, 0.25) is 0 Å². The molecule has 2 rings (SSSR count). The van der Waals surface area contributed by atoms with Crippen LogP contribution < -0.4 is 10.6 Å². The predicted molar refractivity (Wildman–Crippen MR) is 64.2 cm³/mol. The van der Waals surface area contributed by atoms with Gasteiger partial charge in [-0.3, -0.25) is 4.79 Å². The Morgan fingerprint density at radius 3 is 3.12 bits per heavy atom. The van der Waals surface area contributed by atoms with Crippen molar-refractivity contribution in [2.75, 3.05) is 13.1 Å². The van der Waals surface area contributed by atoms with Gasteiger partial charge in [-0.15, -0.1) is 0 Å². The van der Waals surface area contributed by atoms with Crippen molar-refractivity contribution in [3.05, 3.63) is 34.9 Å². The van der Waals surface area contributed by atoms with Crippen LogP contribution in [0.4, 0.5) is 0 Å². The van der Waals surface area contributed by atoms with Gasteiger partial charge in [0.1, 0.15) is 0 Å². The van der Waals surface area contributed by atoms with E-state index in [9.17, 15) is 4.79 Å². The van der Waals surface area contributed by atoms with Crippen molar-refractivity contribution in [1.29, 1.82) is 0 Å². The van der Waals surface area contributed by atoms with Crippen LogP contribution in [0.25, 0.3) is 0 Å². The van der Waals surface area contributed by atoms with Crippen molar-refractivity contribution in [2.45, 2.75) is 26.3 Å². The number of hydrogen-bond acceptors (Lipinski definition) is 2. The molecule has 1 amide bonds. The van der Waals surface area contributed by atoms with Gasteiger partial charge < -0.3 is 10.6 Å². The van der Waals surface area contributed by atoms with Crippen LogP contribution >= 0.6 is 0 Å². The molecule has 0 saturated heterocycles. The Kier molecular flexibility index (Phi) is 3.57. The van der Waals surface area contributed by atoms with E-state index in [-0.39, 0.29) is 5.91 Å². The highest BCUT2D eigenvalue weighted by Gasteiger charge is 2.10. The molecule has 0 aromatic heterocycles. The molecule has 0 saturated carbocycles. The fourth-order valence-corrected chi connectivity index (χ4v) is 2.09. The molecule has 0 radical (unpaired) electrons. The zero-order chi connectivity index (χ0) is 11.4. The van der Waals surface area contributed by atoms with Gasteiger partial charge in [-0.2, -0.15) is 0 Å². The van der Waals surface area contributed by atoms with Crippen molar-refractivity contribution in [3.8, 4) is 0 Å². The van der Waals surface area contributed by atoms with Gasteiger partial charge in [0.2, 0.25) is 5.91 Å².